The second-order valence-electron chi connectivity index (χ2n) is 4.16. The molecule has 1 rings (SSSR count). The Kier molecular flexibility index (Phi) is 5.22. The average Bonchev–Trinajstić information content (AvgIpc) is 2.31. The van der Waals surface area contributed by atoms with Crippen molar-refractivity contribution in [2.24, 2.45) is 0 Å². The third-order valence-corrected chi connectivity index (χ3v) is 2.77. The molecule has 5 heteroatoms. The van der Waals surface area contributed by atoms with E-state index in [1.54, 1.807) is 18.2 Å². The van der Waals surface area contributed by atoms with Crippen LogP contribution in [0.5, 0.6) is 0 Å². The number of benzene rings is 1. The topological polar surface area (TPSA) is 40.5 Å². The van der Waals surface area contributed by atoms with Crippen LogP contribution in [-0.2, 0) is 0 Å². The number of aliphatic hydroxyl groups excluding tert-OH is 1. The SMILES string of the molecule is Cc1ccc(C(=O)N(CCO)CC(F)F)cc1C. The van der Waals surface area contributed by atoms with Crippen LogP contribution in [0, 0.1) is 13.8 Å². The number of carbonyl (C=O) groups is 1. The van der Waals surface area contributed by atoms with Crippen LogP contribution < -0.4 is 0 Å². The number of carbonyl (C=O) groups excluding carboxylic acids is 1. The molecule has 3 nitrogen and oxygen atoms in total. The zero-order valence-corrected chi connectivity index (χ0v) is 10.5. The lowest BCUT2D eigenvalue weighted by Crippen LogP contribution is -2.37. The van der Waals surface area contributed by atoms with E-state index in [4.69, 9.17) is 5.11 Å². The molecule has 0 saturated heterocycles. The number of aliphatic hydroxyl groups is 1. The number of aryl methyl sites for hydroxylation is 2. The molecule has 0 saturated carbocycles. The van der Waals surface area contributed by atoms with Crippen LogP contribution in [0.25, 0.3) is 0 Å². The molecule has 18 heavy (non-hydrogen) atoms. The molecular weight excluding hydrogens is 240 g/mol. The molecule has 0 aliphatic carbocycles. The number of halogens is 2. The third kappa shape index (κ3) is 3.77. The lowest BCUT2D eigenvalue weighted by Gasteiger charge is -2.21. The lowest BCUT2D eigenvalue weighted by atomic mass is 10.1. The Morgan fingerprint density at radius 1 is 1.33 bits per heavy atom. The Morgan fingerprint density at radius 3 is 2.50 bits per heavy atom. The first kappa shape index (κ1) is 14.6. The van der Waals surface area contributed by atoms with Gasteiger partial charge in [-0.2, -0.15) is 0 Å². The van der Waals surface area contributed by atoms with Crippen molar-refractivity contribution in [1.82, 2.24) is 4.90 Å². The zero-order valence-electron chi connectivity index (χ0n) is 10.5. The summed E-state index contributed by atoms with van der Waals surface area (Å²) in [5.41, 5.74) is 2.34. The van der Waals surface area contributed by atoms with Crippen molar-refractivity contribution in [2.45, 2.75) is 20.3 Å². The monoisotopic (exact) mass is 257 g/mol. The smallest absolute Gasteiger partial charge is 0.255 e. The van der Waals surface area contributed by atoms with Crippen LogP contribution in [0.1, 0.15) is 21.5 Å². The van der Waals surface area contributed by atoms with E-state index in [2.05, 4.69) is 0 Å². The van der Waals surface area contributed by atoms with Crippen molar-refractivity contribution in [3.63, 3.8) is 0 Å². The summed E-state index contributed by atoms with van der Waals surface area (Å²) in [4.78, 5) is 13.0. The molecule has 100 valence electrons. The molecule has 0 spiro atoms. The van der Waals surface area contributed by atoms with E-state index in [-0.39, 0.29) is 13.2 Å². The van der Waals surface area contributed by atoms with Gasteiger partial charge in [-0.15, -0.1) is 0 Å². The largest absolute Gasteiger partial charge is 0.395 e. The number of nitrogens with zero attached hydrogens (tertiary/aromatic N) is 1. The van der Waals surface area contributed by atoms with E-state index in [1.165, 1.54) is 0 Å². The summed E-state index contributed by atoms with van der Waals surface area (Å²) >= 11 is 0. The first-order chi connectivity index (χ1) is 8.45. The molecule has 0 atom stereocenters. The summed E-state index contributed by atoms with van der Waals surface area (Å²) in [5.74, 6) is -0.479. The summed E-state index contributed by atoms with van der Waals surface area (Å²) < 4.78 is 24.7. The summed E-state index contributed by atoms with van der Waals surface area (Å²) in [5, 5.41) is 8.81. The van der Waals surface area contributed by atoms with Crippen LogP contribution in [0.3, 0.4) is 0 Å². The van der Waals surface area contributed by atoms with Gasteiger partial charge in [0.2, 0.25) is 0 Å². The highest BCUT2D eigenvalue weighted by atomic mass is 19.3. The van der Waals surface area contributed by atoms with Crippen molar-refractivity contribution < 1.29 is 18.7 Å². The molecule has 0 aromatic heterocycles. The van der Waals surface area contributed by atoms with Crippen LogP contribution in [-0.4, -0.2) is 42.0 Å². The summed E-state index contributed by atoms with van der Waals surface area (Å²) in [6.07, 6.45) is -2.60. The average molecular weight is 257 g/mol. The number of rotatable bonds is 5. The molecule has 0 fully saturated rings. The van der Waals surface area contributed by atoms with Crippen molar-refractivity contribution in [3.8, 4) is 0 Å². The Bertz CT molecular complexity index is 421. The lowest BCUT2D eigenvalue weighted by molar-refractivity contribution is 0.0509. The fourth-order valence-corrected chi connectivity index (χ4v) is 1.62. The van der Waals surface area contributed by atoms with Crippen molar-refractivity contribution in [2.75, 3.05) is 19.7 Å². The van der Waals surface area contributed by atoms with Gasteiger partial charge >= 0.3 is 0 Å². The molecule has 0 unspecified atom stereocenters. The van der Waals surface area contributed by atoms with Gasteiger partial charge < -0.3 is 10.0 Å². The van der Waals surface area contributed by atoms with Gasteiger partial charge in [-0.1, -0.05) is 6.07 Å². The molecule has 0 aliphatic heterocycles. The Hall–Kier alpha value is -1.49. The van der Waals surface area contributed by atoms with Gasteiger partial charge in [0, 0.05) is 12.1 Å². The van der Waals surface area contributed by atoms with Crippen LogP contribution >= 0.6 is 0 Å². The maximum Gasteiger partial charge on any atom is 0.255 e. The number of hydrogen-bond donors (Lipinski definition) is 1. The van der Waals surface area contributed by atoms with Gasteiger partial charge in [0.15, 0.2) is 0 Å². The molecule has 0 heterocycles. The van der Waals surface area contributed by atoms with E-state index in [0.717, 1.165) is 16.0 Å². The Morgan fingerprint density at radius 2 is 2.00 bits per heavy atom. The maximum absolute atomic E-state index is 12.4. The fraction of sp³-hybridized carbons (Fsp3) is 0.462. The van der Waals surface area contributed by atoms with Gasteiger partial charge in [0.05, 0.1) is 13.2 Å². The van der Waals surface area contributed by atoms with Crippen LogP contribution in [0.4, 0.5) is 8.78 Å². The van der Waals surface area contributed by atoms with E-state index in [0.29, 0.717) is 5.56 Å². The summed E-state index contributed by atoms with van der Waals surface area (Å²) in [6.45, 7) is 2.69. The Labute approximate surface area is 105 Å². The highest BCUT2D eigenvalue weighted by Gasteiger charge is 2.19. The molecule has 1 aromatic rings. The minimum atomic E-state index is -2.60. The first-order valence-corrected chi connectivity index (χ1v) is 5.71. The summed E-state index contributed by atoms with van der Waals surface area (Å²) in [6, 6.07) is 5.07. The predicted octanol–water partition coefficient (Wildman–Crippen LogP) is 2.00. The van der Waals surface area contributed by atoms with E-state index in [9.17, 15) is 13.6 Å². The standard InChI is InChI=1S/C13H17F2NO2/c1-9-3-4-11(7-10(9)2)13(18)16(5-6-17)8-12(14)15/h3-4,7,12,17H,5-6,8H2,1-2H3. The van der Waals surface area contributed by atoms with Gasteiger partial charge in [-0.3, -0.25) is 4.79 Å². The van der Waals surface area contributed by atoms with E-state index in [1.807, 2.05) is 13.8 Å². The first-order valence-electron chi connectivity index (χ1n) is 5.71. The van der Waals surface area contributed by atoms with Gasteiger partial charge in [-0.25, -0.2) is 8.78 Å². The summed E-state index contributed by atoms with van der Waals surface area (Å²) in [7, 11) is 0. The molecule has 1 aromatic carbocycles. The molecule has 0 bridgehead atoms. The van der Waals surface area contributed by atoms with Crippen molar-refractivity contribution >= 4 is 5.91 Å². The molecule has 1 N–H and O–H groups in total. The number of amides is 1. The second kappa shape index (κ2) is 6.44. The second-order valence-corrected chi connectivity index (χ2v) is 4.16. The Balaban J connectivity index is 2.90. The number of alkyl halides is 2. The third-order valence-electron chi connectivity index (χ3n) is 2.77. The van der Waals surface area contributed by atoms with Crippen molar-refractivity contribution in [3.05, 3.63) is 34.9 Å². The van der Waals surface area contributed by atoms with Gasteiger partial charge in [-0.05, 0) is 37.1 Å². The highest BCUT2D eigenvalue weighted by Crippen LogP contribution is 2.13. The quantitative estimate of drug-likeness (QED) is 0.876. The minimum absolute atomic E-state index is 0.0872. The van der Waals surface area contributed by atoms with Crippen molar-refractivity contribution in [1.29, 1.82) is 0 Å². The predicted molar refractivity (Wildman–Crippen MR) is 64.9 cm³/mol. The minimum Gasteiger partial charge on any atom is -0.395 e. The van der Waals surface area contributed by atoms with Gasteiger partial charge in [0.1, 0.15) is 0 Å². The number of hydrogen-bond acceptors (Lipinski definition) is 2. The molecule has 1 amide bonds. The van der Waals surface area contributed by atoms with Gasteiger partial charge in [0.25, 0.3) is 12.3 Å². The highest BCUT2D eigenvalue weighted by molar-refractivity contribution is 5.94. The molecule has 0 aliphatic rings. The molecular formula is C13H17F2NO2. The van der Waals surface area contributed by atoms with Crippen LogP contribution in [0.15, 0.2) is 18.2 Å². The fourth-order valence-electron chi connectivity index (χ4n) is 1.62. The van der Waals surface area contributed by atoms with E-state index >= 15 is 0 Å². The maximum atomic E-state index is 12.4. The van der Waals surface area contributed by atoms with E-state index < -0.39 is 18.9 Å². The molecule has 0 radical (unpaired) electrons. The van der Waals surface area contributed by atoms with Crippen LogP contribution in [0.2, 0.25) is 0 Å². The normalized spacial score (nSPS) is 10.8. The zero-order chi connectivity index (χ0) is 13.7.